The molecule has 1 rings (SSSR count). The van der Waals surface area contributed by atoms with Crippen LogP contribution in [0.2, 0.25) is 5.02 Å². The smallest absolute Gasteiger partial charge is 0.321 e. The number of aliphatic hydroxyl groups excluding tert-OH is 1. The molecule has 0 fully saturated rings. The molecule has 6 heteroatoms. The fraction of sp³-hybridized carbons (Fsp3) is 0.462. The molecule has 1 aromatic rings. The van der Waals surface area contributed by atoms with Gasteiger partial charge < -0.3 is 15.3 Å². The number of thioether (sulfide) groups is 1. The van der Waals surface area contributed by atoms with E-state index in [0.717, 1.165) is 11.3 Å². The van der Waals surface area contributed by atoms with Crippen LogP contribution < -0.4 is 5.32 Å². The van der Waals surface area contributed by atoms with Gasteiger partial charge in [-0.15, -0.1) is 11.8 Å². The van der Waals surface area contributed by atoms with Crippen molar-refractivity contribution in [2.24, 2.45) is 0 Å². The zero-order chi connectivity index (χ0) is 14.3. The number of rotatable bonds is 6. The number of nitrogens with zero attached hydrogens (tertiary/aromatic N) is 1. The van der Waals surface area contributed by atoms with Gasteiger partial charge in [-0.2, -0.15) is 0 Å². The summed E-state index contributed by atoms with van der Waals surface area (Å²) in [4.78, 5) is 14.7. The van der Waals surface area contributed by atoms with E-state index in [-0.39, 0.29) is 12.6 Å². The van der Waals surface area contributed by atoms with E-state index in [2.05, 4.69) is 5.32 Å². The van der Waals surface area contributed by atoms with Gasteiger partial charge in [0.15, 0.2) is 0 Å². The largest absolute Gasteiger partial charge is 0.395 e. The Morgan fingerprint density at radius 1 is 1.47 bits per heavy atom. The quantitative estimate of drug-likeness (QED) is 0.793. The number of hydrogen-bond donors (Lipinski definition) is 2. The third kappa shape index (κ3) is 4.93. The molecule has 2 amide bonds. The van der Waals surface area contributed by atoms with Crippen LogP contribution in [0, 0.1) is 0 Å². The van der Waals surface area contributed by atoms with Gasteiger partial charge in [-0.3, -0.25) is 0 Å². The second-order valence-corrected chi connectivity index (χ2v) is 5.27. The van der Waals surface area contributed by atoms with E-state index in [9.17, 15) is 4.79 Å². The number of hydrogen-bond acceptors (Lipinski definition) is 3. The molecule has 4 nitrogen and oxygen atoms in total. The number of anilines is 1. The van der Waals surface area contributed by atoms with Gasteiger partial charge in [0.1, 0.15) is 0 Å². The molecule has 0 aliphatic carbocycles. The Labute approximate surface area is 123 Å². The summed E-state index contributed by atoms with van der Waals surface area (Å²) >= 11 is 7.49. The molecule has 106 valence electrons. The van der Waals surface area contributed by atoms with Crippen LogP contribution in [-0.4, -0.2) is 42.0 Å². The average molecular weight is 303 g/mol. The normalized spacial score (nSPS) is 10.3. The number of aliphatic hydroxyl groups is 1. The molecule has 19 heavy (non-hydrogen) atoms. The van der Waals surface area contributed by atoms with Crippen LogP contribution in [0.5, 0.6) is 0 Å². The predicted molar refractivity (Wildman–Crippen MR) is 81.2 cm³/mol. The summed E-state index contributed by atoms with van der Waals surface area (Å²) in [6, 6.07) is 5.18. The second kappa shape index (κ2) is 8.30. The van der Waals surface area contributed by atoms with Crippen LogP contribution >= 0.6 is 23.4 Å². The highest BCUT2D eigenvalue weighted by molar-refractivity contribution is 7.98. The maximum Gasteiger partial charge on any atom is 0.321 e. The fourth-order valence-electron chi connectivity index (χ4n) is 1.68. The minimum absolute atomic E-state index is 0.0433. The Hall–Kier alpha value is -0.910. The third-order valence-electron chi connectivity index (χ3n) is 2.55. The lowest BCUT2D eigenvalue weighted by Crippen LogP contribution is -2.37. The van der Waals surface area contributed by atoms with Crippen LogP contribution in [0.25, 0.3) is 0 Å². The molecule has 0 atom stereocenters. The van der Waals surface area contributed by atoms with Crippen molar-refractivity contribution in [2.45, 2.75) is 18.2 Å². The molecule has 0 heterocycles. The number of nitrogens with one attached hydrogen (secondary N) is 1. The van der Waals surface area contributed by atoms with Crippen molar-refractivity contribution >= 4 is 35.1 Å². The molecule has 0 unspecified atom stereocenters. The summed E-state index contributed by atoms with van der Waals surface area (Å²) in [5.41, 5.74) is 0.698. The van der Waals surface area contributed by atoms with Gasteiger partial charge in [0.05, 0.1) is 12.3 Å². The molecular formula is C13H19ClN2O2S. The summed E-state index contributed by atoms with van der Waals surface area (Å²) in [5.74, 6) is 0. The van der Waals surface area contributed by atoms with Crippen LogP contribution in [0.1, 0.15) is 13.3 Å². The molecule has 0 saturated heterocycles. The van der Waals surface area contributed by atoms with Gasteiger partial charge in [-0.1, -0.05) is 18.5 Å². The van der Waals surface area contributed by atoms with Crippen LogP contribution in [-0.2, 0) is 0 Å². The number of urea groups is 1. The Morgan fingerprint density at radius 3 is 2.79 bits per heavy atom. The predicted octanol–water partition coefficient (Wildman–Crippen LogP) is 3.30. The fourth-order valence-corrected chi connectivity index (χ4v) is 2.38. The van der Waals surface area contributed by atoms with E-state index in [0.29, 0.717) is 23.8 Å². The lowest BCUT2D eigenvalue weighted by molar-refractivity contribution is 0.188. The van der Waals surface area contributed by atoms with Gasteiger partial charge in [0, 0.05) is 23.0 Å². The van der Waals surface area contributed by atoms with E-state index in [4.69, 9.17) is 16.7 Å². The highest BCUT2D eigenvalue weighted by Crippen LogP contribution is 2.28. The van der Waals surface area contributed by atoms with E-state index in [1.54, 1.807) is 28.8 Å². The maximum absolute atomic E-state index is 12.1. The standard InChI is InChI=1S/C13H19ClN2O2S/c1-3-6-16(7-8-17)13(18)15-11-9-10(14)4-5-12(11)19-2/h4-5,9,17H,3,6-8H2,1-2H3,(H,15,18). The van der Waals surface area contributed by atoms with Crippen molar-refractivity contribution in [2.75, 3.05) is 31.3 Å². The maximum atomic E-state index is 12.1. The Kier molecular flexibility index (Phi) is 7.05. The molecular weight excluding hydrogens is 284 g/mol. The summed E-state index contributed by atoms with van der Waals surface area (Å²) in [6.45, 7) is 2.89. The molecule has 0 aliphatic heterocycles. The van der Waals surface area contributed by atoms with Gasteiger partial charge >= 0.3 is 6.03 Å². The first kappa shape index (κ1) is 16.1. The number of amides is 2. The van der Waals surface area contributed by atoms with Crippen LogP contribution in [0.3, 0.4) is 0 Å². The van der Waals surface area contributed by atoms with Crippen molar-refractivity contribution in [3.8, 4) is 0 Å². The second-order valence-electron chi connectivity index (χ2n) is 3.99. The Morgan fingerprint density at radius 2 is 2.21 bits per heavy atom. The minimum Gasteiger partial charge on any atom is -0.395 e. The van der Waals surface area contributed by atoms with Crippen molar-refractivity contribution in [3.63, 3.8) is 0 Å². The number of carbonyl (C=O) groups excluding carboxylic acids is 1. The number of benzene rings is 1. The van der Waals surface area contributed by atoms with Crippen molar-refractivity contribution < 1.29 is 9.90 Å². The summed E-state index contributed by atoms with van der Waals surface area (Å²) in [6.07, 6.45) is 2.79. The zero-order valence-corrected chi connectivity index (χ0v) is 12.7. The van der Waals surface area contributed by atoms with Crippen molar-refractivity contribution in [1.82, 2.24) is 4.90 Å². The molecule has 0 saturated carbocycles. The molecule has 1 aromatic carbocycles. The van der Waals surface area contributed by atoms with E-state index in [1.807, 2.05) is 19.2 Å². The van der Waals surface area contributed by atoms with E-state index < -0.39 is 0 Å². The van der Waals surface area contributed by atoms with Crippen molar-refractivity contribution in [1.29, 1.82) is 0 Å². The molecule has 0 radical (unpaired) electrons. The Bertz CT molecular complexity index is 423. The molecule has 0 spiro atoms. The van der Waals surface area contributed by atoms with Crippen LogP contribution in [0.4, 0.5) is 10.5 Å². The first-order chi connectivity index (χ1) is 9.12. The first-order valence-electron chi connectivity index (χ1n) is 6.12. The first-order valence-corrected chi connectivity index (χ1v) is 7.73. The number of carbonyl (C=O) groups is 1. The molecule has 2 N–H and O–H groups in total. The highest BCUT2D eigenvalue weighted by Gasteiger charge is 2.14. The van der Waals surface area contributed by atoms with Crippen LogP contribution in [0.15, 0.2) is 23.1 Å². The van der Waals surface area contributed by atoms with Crippen molar-refractivity contribution in [3.05, 3.63) is 23.2 Å². The van der Waals surface area contributed by atoms with Gasteiger partial charge in [-0.05, 0) is 30.9 Å². The number of halogens is 1. The molecule has 0 bridgehead atoms. The molecule has 0 aromatic heterocycles. The lowest BCUT2D eigenvalue weighted by Gasteiger charge is -2.22. The third-order valence-corrected chi connectivity index (χ3v) is 3.58. The Balaban J connectivity index is 2.82. The monoisotopic (exact) mass is 302 g/mol. The lowest BCUT2D eigenvalue weighted by atomic mass is 10.3. The SMILES string of the molecule is CCCN(CCO)C(=O)Nc1cc(Cl)ccc1SC. The van der Waals surface area contributed by atoms with Gasteiger partial charge in [-0.25, -0.2) is 4.79 Å². The van der Waals surface area contributed by atoms with Gasteiger partial charge in [0.25, 0.3) is 0 Å². The topological polar surface area (TPSA) is 52.6 Å². The van der Waals surface area contributed by atoms with Gasteiger partial charge in [0.2, 0.25) is 0 Å². The zero-order valence-electron chi connectivity index (χ0n) is 11.1. The summed E-state index contributed by atoms with van der Waals surface area (Å²) < 4.78 is 0. The summed E-state index contributed by atoms with van der Waals surface area (Å²) in [5, 5.41) is 12.4. The van der Waals surface area contributed by atoms with E-state index in [1.165, 1.54) is 0 Å². The minimum atomic E-state index is -0.214. The highest BCUT2D eigenvalue weighted by atomic mass is 35.5. The van der Waals surface area contributed by atoms with E-state index >= 15 is 0 Å². The average Bonchev–Trinajstić information content (AvgIpc) is 2.38. The molecule has 0 aliphatic rings. The summed E-state index contributed by atoms with van der Waals surface area (Å²) in [7, 11) is 0.